The fourth-order valence-corrected chi connectivity index (χ4v) is 1.98. The first-order valence-corrected chi connectivity index (χ1v) is 6.25. The van der Waals surface area contributed by atoms with E-state index in [1.54, 1.807) is 0 Å². The Morgan fingerprint density at radius 1 is 1.00 bits per heavy atom. The van der Waals surface area contributed by atoms with Crippen LogP contribution in [0.15, 0.2) is 0 Å². The lowest BCUT2D eigenvalue weighted by Gasteiger charge is -2.39. The molecule has 1 aliphatic carbocycles. The van der Waals surface area contributed by atoms with Gasteiger partial charge in [-0.15, -0.1) is 0 Å². The zero-order valence-corrected chi connectivity index (χ0v) is 10.9. The molecule has 0 spiro atoms. The SMILES string of the molecule is C.CC.CC.CCC1CCC1C(C)C. The Morgan fingerprint density at radius 2 is 1.43 bits per heavy atom. The molecule has 0 bridgehead atoms. The van der Waals surface area contributed by atoms with Crippen molar-refractivity contribution in [2.75, 3.05) is 0 Å². The molecular formula is C14H34. The highest BCUT2D eigenvalue weighted by molar-refractivity contribution is 4.81. The molecule has 14 heavy (non-hydrogen) atoms. The molecule has 0 amide bonds. The Balaban J connectivity index is -0.000000216. The van der Waals surface area contributed by atoms with E-state index in [9.17, 15) is 0 Å². The fraction of sp³-hybridized carbons (Fsp3) is 1.00. The zero-order valence-electron chi connectivity index (χ0n) is 10.9. The van der Waals surface area contributed by atoms with E-state index in [4.69, 9.17) is 0 Å². The van der Waals surface area contributed by atoms with Gasteiger partial charge in [-0.25, -0.2) is 0 Å². The molecule has 0 heterocycles. The molecule has 2 unspecified atom stereocenters. The summed E-state index contributed by atoms with van der Waals surface area (Å²) in [5.41, 5.74) is 0. The molecule has 1 aliphatic rings. The lowest BCUT2D eigenvalue weighted by molar-refractivity contribution is 0.118. The standard InChI is InChI=1S/C9H18.2C2H6.CH4/c1-4-8-5-6-9(8)7(2)3;2*1-2;/h7-9H,4-6H2,1-3H3;2*1-2H3;1H4. The normalized spacial score (nSPS) is 23.1. The van der Waals surface area contributed by atoms with Crippen molar-refractivity contribution in [2.24, 2.45) is 17.8 Å². The smallest absolute Gasteiger partial charge is 0.0363 e. The van der Waals surface area contributed by atoms with Crippen LogP contribution in [0.4, 0.5) is 0 Å². The summed E-state index contributed by atoms with van der Waals surface area (Å²) in [6.45, 7) is 15.0. The summed E-state index contributed by atoms with van der Waals surface area (Å²) in [5, 5.41) is 0. The van der Waals surface area contributed by atoms with Gasteiger partial charge in [-0.3, -0.25) is 0 Å². The summed E-state index contributed by atoms with van der Waals surface area (Å²) in [5.74, 6) is 3.07. The van der Waals surface area contributed by atoms with Gasteiger partial charge in [0.15, 0.2) is 0 Å². The summed E-state index contributed by atoms with van der Waals surface area (Å²) < 4.78 is 0. The van der Waals surface area contributed by atoms with Crippen LogP contribution in [-0.4, -0.2) is 0 Å². The highest BCUT2D eigenvalue weighted by Gasteiger charge is 2.30. The molecule has 0 aromatic carbocycles. The minimum atomic E-state index is 0. The molecule has 1 rings (SSSR count). The maximum atomic E-state index is 2.35. The van der Waals surface area contributed by atoms with Crippen LogP contribution in [-0.2, 0) is 0 Å². The maximum absolute atomic E-state index is 2.35. The predicted molar refractivity (Wildman–Crippen MR) is 70.8 cm³/mol. The van der Waals surface area contributed by atoms with E-state index in [1.807, 2.05) is 27.7 Å². The van der Waals surface area contributed by atoms with Crippen molar-refractivity contribution in [1.82, 2.24) is 0 Å². The first-order valence-electron chi connectivity index (χ1n) is 6.25. The van der Waals surface area contributed by atoms with Crippen LogP contribution < -0.4 is 0 Å². The molecule has 0 nitrogen and oxygen atoms in total. The Bertz CT molecular complexity index is 82.0. The second-order valence-corrected chi connectivity index (χ2v) is 3.65. The number of hydrogen-bond acceptors (Lipinski definition) is 0. The molecule has 90 valence electrons. The van der Waals surface area contributed by atoms with Gasteiger partial charge >= 0.3 is 0 Å². The van der Waals surface area contributed by atoms with Gasteiger partial charge in [0.2, 0.25) is 0 Å². The van der Waals surface area contributed by atoms with E-state index in [-0.39, 0.29) is 7.43 Å². The molecule has 0 aromatic rings. The summed E-state index contributed by atoms with van der Waals surface area (Å²) in [6, 6.07) is 0. The molecular weight excluding hydrogens is 168 g/mol. The Kier molecular flexibility index (Phi) is 18.2. The third-order valence-corrected chi connectivity index (χ3v) is 2.86. The van der Waals surface area contributed by atoms with E-state index in [0.29, 0.717) is 0 Å². The topological polar surface area (TPSA) is 0 Å². The van der Waals surface area contributed by atoms with Gasteiger partial charge in [0.05, 0.1) is 0 Å². The van der Waals surface area contributed by atoms with E-state index in [1.165, 1.54) is 19.3 Å². The summed E-state index contributed by atoms with van der Waals surface area (Å²) in [6.07, 6.45) is 4.40. The van der Waals surface area contributed by atoms with Crippen LogP contribution in [0.1, 0.15) is 75.2 Å². The van der Waals surface area contributed by atoms with Crippen LogP contribution in [0.3, 0.4) is 0 Å². The number of rotatable bonds is 2. The average Bonchev–Trinajstić information content (AvgIpc) is 2.09. The Labute approximate surface area is 93.5 Å². The van der Waals surface area contributed by atoms with Crippen molar-refractivity contribution in [3.8, 4) is 0 Å². The molecule has 1 saturated carbocycles. The molecule has 0 aromatic heterocycles. The van der Waals surface area contributed by atoms with E-state index < -0.39 is 0 Å². The maximum Gasteiger partial charge on any atom is -0.0363 e. The van der Waals surface area contributed by atoms with Gasteiger partial charge in [0.1, 0.15) is 0 Å². The van der Waals surface area contributed by atoms with Crippen molar-refractivity contribution in [3.05, 3.63) is 0 Å². The molecule has 0 radical (unpaired) electrons. The van der Waals surface area contributed by atoms with E-state index in [2.05, 4.69) is 20.8 Å². The van der Waals surface area contributed by atoms with Crippen LogP contribution in [0, 0.1) is 17.8 Å². The van der Waals surface area contributed by atoms with Crippen LogP contribution >= 0.6 is 0 Å². The van der Waals surface area contributed by atoms with Crippen molar-refractivity contribution in [3.63, 3.8) is 0 Å². The van der Waals surface area contributed by atoms with Gasteiger partial charge < -0.3 is 0 Å². The fourth-order valence-electron chi connectivity index (χ4n) is 1.98. The van der Waals surface area contributed by atoms with E-state index in [0.717, 1.165) is 17.8 Å². The van der Waals surface area contributed by atoms with Crippen molar-refractivity contribution in [1.29, 1.82) is 0 Å². The van der Waals surface area contributed by atoms with Gasteiger partial charge in [0, 0.05) is 0 Å². The van der Waals surface area contributed by atoms with Gasteiger partial charge in [-0.05, 0) is 30.6 Å². The largest absolute Gasteiger partial charge is 0.0776 e. The monoisotopic (exact) mass is 202 g/mol. The van der Waals surface area contributed by atoms with Crippen LogP contribution in [0.5, 0.6) is 0 Å². The highest BCUT2D eigenvalue weighted by Crippen LogP contribution is 2.41. The molecule has 1 fully saturated rings. The van der Waals surface area contributed by atoms with E-state index >= 15 is 0 Å². The van der Waals surface area contributed by atoms with Crippen LogP contribution in [0.2, 0.25) is 0 Å². The third kappa shape index (κ3) is 6.45. The third-order valence-electron chi connectivity index (χ3n) is 2.86. The second kappa shape index (κ2) is 13.0. The first kappa shape index (κ1) is 19.6. The lowest BCUT2D eigenvalue weighted by Crippen LogP contribution is -2.29. The zero-order chi connectivity index (χ0) is 10.9. The second-order valence-electron chi connectivity index (χ2n) is 3.65. The number of hydrogen-bond donors (Lipinski definition) is 0. The minimum Gasteiger partial charge on any atom is -0.0776 e. The molecule has 2 atom stereocenters. The Hall–Kier alpha value is 0. The highest BCUT2D eigenvalue weighted by atomic mass is 14.4. The van der Waals surface area contributed by atoms with Gasteiger partial charge in [-0.2, -0.15) is 0 Å². The summed E-state index contributed by atoms with van der Waals surface area (Å²) in [7, 11) is 0. The summed E-state index contributed by atoms with van der Waals surface area (Å²) in [4.78, 5) is 0. The first-order chi connectivity index (χ1) is 6.25. The van der Waals surface area contributed by atoms with Crippen molar-refractivity contribution >= 4 is 0 Å². The van der Waals surface area contributed by atoms with Gasteiger partial charge in [0.25, 0.3) is 0 Å². The molecule has 0 aliphatic heterocycles. The predicted octanol–water partition coefficient (Wildman–Crippen LogP) is 5.77. The quantitative estimate of drug-likeness (QED) is 0.533. The van der Waals surface area contributed by atoms with Crippen molar-refractivity contribution in [2.45, 2.75) is 75.2 Å². The minimum absolute atomic E-state index is 0. The molecule has 0 heteroatoms. The van der Waals surface area contributed by atoms with Crippen molar-refractivity contribution < 1.29 is 0 Å². The molecule has 0 N–H and O–H groups in total. The Morgan fingerprint density at radius 3 is 1.50 bits per heavy atom. The van der Waals surface area contributed by atoms with Gasteiger partial charge in [-0.1, -0.05) is 62.3 Å². The summed E-state index contributed by atoms with van der Waals surface area (Å²) >= 11 is 0. The van der Waals surface area contributed by atoms with Crippen LogP contribution in [0.25, 0.3) is 0 Å². The average molecular weight is 202 g/mol. The molecule has 0 saturated heterocycles. The lowest BCUT2D eigenvalue weighted by atomic mass is 9.67.